The number of nitrogens with one attached hydrogen (secondary N) is 1. The molecular formula is C17H16F3N3O2. The molecule has 2 aliphatic rings. The molecule has 3 heterocycles. The monoisotopic (exact) mass is 351 g/mol. The van der Waals surface area contributed by atoms with Gasteiger partial charge in [-0.1, -0.05) is 12.1 Å². The fourth-order valence-electron chi connectivity index (χ4n) is 3.52. The van der Waals surface area contributed by atoms with Gasteiger partial charge in [-0.2, -0.15) is 0 Å². The lowest BCUT2D eigenvalue weighted by Gasteiger charge is -2.24. The fourth-order valence-corrected chi connectivity index (χ4v) is 3.52. The molecule has 0 saturated carbocycles. The quantitative estimate of drug-likeness (QED) is 0.900. The third kappa shape index (κ3) is 3.08. The van der Waals surface area contributed by atoms with Gasteiger partial charge in [0.1, 0.15) is 17.4 Å². The summed E-state index contributed by atoms with van der Waals surface area (Å²) in [6, 6.07) is 5.66. The van der Waals surface area contributed by atoms with Crippen molar-refractivity contribution in [2.45, 2.75) is 44.5 Å². The SMILES string of the molecule is O=C1C[C@@H](c2ccc(OC(F)(F)F)cc2)c2nc3n(c2N1)CCCC3. The van der Waals surface area contributed by atoms with E-state index >= 15 is 0 Å². The second-order valence-corrected chi connectivity index (χ2v) is 6.29. The van der Waals surface area contributed by atoms with Gasteiger partial charge in [0.05, 0.1) is 5.69 Å². The van der Waals surface area contributed by atoms with Crippen LogP contribution >= 0.6 is 0 Å². The molecule has 2 aliphatic heterocycles. The van der Waals surface area contributed by atoms with Crippen molar-refractivity contribution in [3.05, 3.63) is 41.3 Å². The van der Waals surface area contributed by atoms with Gasteiger partial charge in [-0.05, 0) is 30.5 Å². The first-order valence-electron chi connectivity index (χ1n) is 8.15. The van der Waals surface area contributed by atoms with Gasteiger partial charge >= 0.3 is 6.36 Å². The molecule has 0 saturated heterocycles. The average molecular weight is 351 g/mol. The maximum atomic E-state index is 12.3. The second-order valence-electron chi connectivity index (χ2n) is 6.29. The van der Waals surface area contributed by atoms with Crippen LogP contribution in [0.4, 0.5) is 19.0 Å². The van der Waals surface area contributed by atoms with E-state index in [2.05, 4.69) is 10.1 Å². The highest BCUT2D eigenvalue weighted by Gasteiger charge is 2.34. The first kappa shape index (κ1) is 16.0. The number of amides is 1. The number of fused-ring (bicyclic) bond motifs is 3. The molecule has 25 heavy (non-hydrogen) atoms. The highest BCUT2D eigenvalue weighted by molar-refractivity contribution is 5.94. The number of ether oxygens (including phenoxy) is 1. The number of carbonyl (C=O) groups excluding carboxylic acids is 1. The number of imidazole rings is 1. The summed E-state index contributed by atoms with van der Waals surface area (Å²) >= 11 is 0. The van der Waals surface area contributed by atoms with Gasteiger partial charge in [-0.3, -0.25) is 4.79 Å². The molecule has 0 bridgehead atoms. The van der Waals surface area contributed by atoms with Crippen molar-refractivity contribution in [2.75, 3.05) is 5.32 Å². The Hall–Kier alpha value is -2.51. The Kier molecular flexibility index (Phi) is 3.70. The molecular weight excluding hydrogens is 335 g/mol. The number of anilines is 1. The Bertz CT molecular complexity index is 812. The van der Waals surface area contributed by atoms with Gasteiger partial charge in [0.25, 0.3) is 0 Å². The van der Waals surface area contributed by atoms with Gasteiger partial charge in [0, 0.05) is 25.3 Å². The lowest BCUT2D eigenvalue weighted by atomic mass is 9.90. The van der Waals surface area contributed by atoms with E-state index in [1.54, 1.807) is 12.1 Å². The molecule has 1 atom stereocenters. The van der Waals surface area contributed by atoms with Crippen LogP contribution in [0, 0.1) is 0 Å². The van der Waals surface area contributed by atoms with Gasteiger partial charge in [0.15, 0.2) is 0 Å². The van der Waals surface area contributed by atoms with E-state index in [1.165, 1.54) is 12.1 Å². The molecule has 1 N–H and O–H groups in total. The number of hydrogen-bond donors (Lipinski definition) is 1. The number of benzene rings is 1. The van der Waals surface area contributed by atoms with Crippen molar-refractivity contribution in [1.29, 1.82) is 0 Å². The summed E-state index contributed by atoms with van der Waals surface area (Å²) in [5.74, 6) is 1.04. The van der Waals surface area contributed by atoms with Crippen LogP contribution in [0.3, 0.4) is 0 Å². The molecule has 0 fully saturated rings. The lowest BCUT2D eigenvalue weighted by molar-refractivity contribution is -0.274. The molecule has 0 unspecified atom stereocenters. The molecule has 2 aromatic rings. The fraction of sp³-hybridized carbons (Fsp3) is 0.412. The van der Waals surface area contributed by atoms with E-state index in [0.717, 1.165) is 48.7 Å². The molecule has 1 amide bonds. The van der Waals surface area contributed by atoms with Crippen LogP contribution in [-0.2, 0) is 17.8 Å². The van der Waals surface area contributed by atoms with Crippen LogP contribution in [0.1, 0.15) is 42.3 Å². The third-order valence-electron chi connectivity index (χ3n) is 4.60. The van der Waals surface area contributed by atoms with Gasteiger partial charge < -0.3 is 14.6 Å². The molecule has 5 nitrogen and oxygen atoms in total. The van der Waals surface area contributed by atoms with E-state index in [4.69, 9.17) is 4.98 Å². The van der Waals surface area contributed by atoms with E-state index in [0.29, 0.717) is 0 Å². The maximum absolute atomic E-state index is 12.3. The summed E-state index contributed by atoms with van der Waals surface area (Å²) in [5, 5.41) is 2.90. The molecule has 0 radical (unpaired) electrons. The van der Waals surface area contributed by atoms with E-state index in [1.807, 2.05) is 4.57 Å². The maximum Gasteiger partial charge on any atom is 0.573 e. The van der Waals surface area contributed by atoms with Crippen molar-refractivity contribution in [2.24, 2.45) is 0 Å². The lowest BCUT2D eigenvalue weighted by Crippen LogP contribution is -2.25. The number of rotatable bonds is 2. The largest absolute Gasteiger partial charge is 0.573 e. The first-order valence-corrected chi connectivity index (χ1v) is 8.15. The summed E-state index contributed by atoms with van der Waals surface area (Å²) in [4.78, 5) is 16.8. The molecule has 8 heteroatoms. The second kappa shape index (κ2) is 5.79. The summed E-state index contributed by atoms with van der Waals surface area (Å²) in [6.45, 7) is 0.822. The zero-order valence-corrected chi connectivity index (χ0v) is 13.3. The molecule has 1 aromatic carbocycles. The van der Waals surface area contributed by atoms with Crippen LogP contribution in [0.15, 0.2) is 24.3 Å². The van der Waals surface area contributed by atoms with Crippen LogP contribution < -0.4 is 10.1 Å². The highest BCUT2D eigenvalue weighted by Crippen LogP contribution is 2.39. The molecule has 4 rings (SSSR count). The number of halogens is 3. The minimum atomic E-state index is -4.72. The molecule has 132 valence electrons. The Labute approximate surface area is 141 Å². The minimum absolute atomic E-state index is 0.110. The van der Waals surface area contributed by atoms with Crippen molar-refractivity contribution in [3.8, 4) is 5.75 Å². The van der Waals surface area contributed by atoms with Crippen LogP contribution in [0.5, 0.6) is 5.75 Å². The van der Waals surface area contributed by atoms with Crippen molar-refractivity contribution >= 4 is 11.7 Å². The number of carbonyl (C=O) groups is 1. The number of aromatic nitrogens is 2. The molecule has 1 aromatic heterocycles. The van der Waals surface area contributed by atoms with Gasteiger partial charge in [-0.25, -0.2) is 4.98 Å². The average Bonchev–Trinajstić information content (AvgIpc) is 2.92. The smallest absolute Gasteiger partial charge is 0.406 e. The predicted octanol–water partition coefficient (Wildman–Crippen LogP) is 3.59. The van der Waals surface area contributed by atoms with Crippen LogP contribution in [-0.4, -0.2) is 21.8 Å². The zero-order valence-electron chi connectivity index (χ0n) is 13.3. The number of aryl methyl sites for hydroxylation is 1. The van der Waals surface area contributed by atoms with Crippen molar-refractivity contribution in [3.63, 3.8) is 0 Å². The van der Waals surface area contributed by atoms with Crippen molar-refractivity contribution < 1.29 is 22.7 Å². The number of hydrogen-bond acceptors (Lipinski definition) is 3. The molecule has 0 spiro atoms. The Balaban J connectivity index is 1.67. The summed E-state index contributed by atoms with van der Waals surface area (Å²) in [7, 11) is 0. The van der Waals surface area contributed by atoms with Crippen molar-refractivity contribution in [1.82, 2.24) is 9.55 Å². The number of nitrogens with zero attached hydrogens (tertiary/aromatic N) is 2. The van der Waals surface area contributed by atoms with Gasteiger partial charge in [0.2, 0.25) is 5.91 Å². The normalized spacial score (nSPS) is 19.8. The Morgan fingerprint density at radius 2 is 1.96 bits per heavy atom. The minimum Gasteiger partial charge on any atom is -0.406 e. The van der Waals surface area contributed by atoms with Gasteiger partial charge in [-0.15, -0.1) is 13.2 Å². The highest BCUT2D eigenvalue weighted by atomic mass is 19.4. The zero-order chi connectivity index (χ0) is 17.6. The summed E-state index contributed by atoms with van der Waals surface area (Å²) < 4.78 is 42.8. The van der Waals surface area contributed by atoms with E-state index in [-0.39, 0.29) is 24.0 Å². The van der Waals surface area contributed by atoms with Crippen LogP contribution in [0.25, 0.3) is 0 Å². The Morgan fingerprint density at radius 1 is 1.20 bits per heavy atom. The summed E-state index contributed by atoms with van der Waals surface area (Å²) in [5.41, 5.74) is 1.54. The third-order valence-corrected chi connectivity index (χ3v) is 4.60. The number of alkyl halides is 3. The topological polar surface area (TPSA) is 56.1 Å². The standard InChI is InChI=1S/C17H16F3N3O2/c18-17(19,20)25-11-6-4-10(5-7-11)12-9-14(24)22-16-15(12)21-13-3-1-2-8-23(13)16/h4-7,12H,1-3,8-9H2,(H,22,24)/t12-/m0/s1. The predicted molar refractivity (Wildman–Crippen MR) is 83.4 cm³/mol. The van der Waals surface area contributed by atoms with Crippen LogP contribution in [0.2, 0.25) is 0 Å². The molecule has 0 aliphatic carbocycles. The Morgan fingerprint density at radius 3 is 2.68 bits per heavy atom. The first-order chi connectivity index (χ1) is 11.9. The summed E-state index contributed by atoms with van der Waals surface area (Å²) in [6.07, 6.45) is -1.52. The van der Waals surface area contributed by atoms with E-state index < -0.39 is 6.36 Å². The van der Waals surface area contributed by atoms with E-state index in [9.17, 15) is 18.0 Å².